The van der Waals surface area contributed by atoms with E-state index in [1.54, 1.807) is 0 Å². The molecule has 2 N–H and O–H groups in total. The van der Waals surface area contributed by atoms with Crippen molar-refractivity contribution < 1.29 is 9.72 Å². The third-order valence-electron chi connectivity index (χ3n) is 2.80. The Balaban J connectivity index is 2.02. The van der Waals surface area contributed by atoms with Crippen LogP contribution in [0.5, 0.6) is 0 Å². The third kappa shape index (κ3) is 2.96. The molecule has 1 fully saturated rings. The number of amides is 1. The van der Waals surface area contributed by atoms with Gasteiger partial charge in [0.05, 0.1) is 4.92 Å². The minimum absolute atomic E-state index is 0.0109. The summed E-state index contributed by atoms with van der Waals surface area (Å²) < 4.78 is 0. The summed E-state index contributed by atoms with van der Waals surface area (Å²) in [6.45, 7) is 0.978. The third-order valence-corrected chi connectivity index (χ3v) is 3.17. The second-order valence-corrected chi connectivity index (χ2v) is 4.53. The summed E-state index contributed by atoms with van der Waals surface area (Å²) in [6, 6.07) is 4.37. The van der Waals surface area contributed by atoms with Crippen LogP contribution < -0.4 is 10.6 Å². The van der Waals surface area contributed by atoms with E-state index in [2.05, 4.69) is 10.6 Å². The first kappa shape index (κ1) is 12.8. The van der Waals surface area contributed by atoms with Gasteiger partial charge in [-0.05, 0) is 11.6 Å². The number of nitrogens with zero attached hydrogens (tertiary/aromatic N) is 1. The van der Waals surface area contributed by atoms with Gasteiger partial charge in [-0.15, -0.1) is 0 Å². The standard InChI is InChI=1S/C11H12ClN3O3/c12-10-2-1-9(15(17)18)3-7(10)5-13-8-4-11(16)14-6-8/h1-3,8,13H,4-6H2,(H,14,16). The number of hydrogen-bond acceptors (Lipinski definition) is 4. The molecule has 2 rings (SSSR count). The Kier molecular flexibility index (Phi) is 3.78. The van der Waals surface area contributed by atoms with Gasteiger partial charge in [0.2, 0.25) is 5.91 Å². The van der Waals surface area contributed by atoms with Crippen LogP contribution in [0, 0.1) is 10.1 Å². The second-order valence-electron chi connectivity index (χ2n) is 4.12. The Labute approximate surface area is 108 Å². The van der Waals surface area contributed by atoms with E-state index in [9.17, 15) is 14.9 Å². The van der Waals surface area contributed by atoms with Crippen LogP contribution in [0.25, 0.3) is 0 Å². The molecule has 1 aliphatic heterocycles. The molecule has 0 spiro atoms. The normalized spacial score (nSPS) is 18.7. The quantitative estimate of drug-likeness (QED) is 0.636. The number of carbonyl (C=O) groups excluding carboxylic acids is 1. The van der Waals surface area contributed by atoms with Gasteiger partial charge in [0.1, 0.15) is 0 Å². The van der Waals surface area contributed by atoms with Crippen LogP contribution in [0.4, 0.5) is 5.69 Å². The molecule has 18 heavy (non-hydrogen) atoms. The van der Waals surface area contributed by atoms with Crippen LogP contribution in [0.3, 0.4) is 0 Å². The first-order valence-corrected chi connectivity index (χ1v) is 5.87. The molecule has 96 valence electrons. The van der Waals surface area contributed by atoms with E-state index in [0.29, 0.717) is 30.1 Å². The van der Waals surface area contributed by atoms with E-state index in [-0.39, 0.29) is 17.6 Å². The minimum Gasteiger partial charge on any atom is -0.354 e. The van der Waals surface area contributed by atoms with E-state index in [0.717, 1.165) is 0 Å². The van der Waals surface area contributed by atoms with Gasteiger partial charge < -0.3 is 10.6 Å². The fourth-order valence-electron chi connectivity index (χ4n) is 1.81. The molecule has 1 aromatic rings. The van der Waals surface area contributed by atoms with Crippen LogP contribution in [-0.4, -0.2) is 23.4 Å². The van der Waals surface area contributed by atoms with Gasteiger partial charge in [0.25, 0.3) is 5.69 Å². The van der Waals surface area contributed by atoms with Crippen molar-refractivity contribution in [2.75, 3.05) is 6.54 Å². The SMILES string of the molecule is O=C1CC(NCc2cc([N+](=O)[O-])ccc2Cl)CN1. The van der Waals surface area contributed by atoms with E-state index in [4.69, 9.17) is 11.6 Å². The number of nitro benzene ring substituents is 1. The highest BCUT2D eigenvalue weighted by Crippen LogP contribution is 2.22. The highest BCUT2D eigenvalue weighted by Gasteiger charge is 2.21. The van der Waals surface area contributed by atoms with Gasteiger partial charge in [0.15, 0.2) is 0 Å². The van der Waals surface area contributed by atoms with Gasteiger partial charge in [-0.2, -0.15) is 0 Å². The molecular formula is C11H12ClN3O3. The topological polar surface area (TPSA) is 84.3 Å². The molecule has 1 heterocycles. The van der Waals surface area contributed by atoms with Gasteiger partial charge >= 0.3 is 0 Å². The number of halogens is 1. The number of nitrogens with one attached hydrogen (secondary N) is 2. The summed E-state index contributed by atoms with van der Waals surface area (Å²) in [6.07, 6.45) is 0.423. The largest absolute Gasteiger partial charge is 0.354 e. The number of rotatable bonds is 4. The Morgan fingerprint density at radius 1 is 1.56 bits per heavy atom. The summed E-state index contributed by atoms with van der Waals surface area (Å²) in [4.78, 5) is 21.2. The van der Waals surface area contributed by atoms with Crippen molar-refractivity contribution in [1.29, 1.82) is 0 Å². The predicted octanol–water partition coefficient (Wildman–Crippen LogP) is 1.23. The number of hydrogen-bond donors (Lipinski definition) is 2. The average molecular weight is 270 g/mol. The lowest BCUT2D eigenvalue weighted by Crippen LogP contribution is -2.30. The Bertz CT molecular complexity index is 492. The van der Waals surface area contributed by atoms with Crippen LogP contribution in [0.2, 0.25) is 5.02 Å². The van der Waals surface area contributed by atoms with Crippen molar-refractivity contribution >= 4 is 23.2 Å². The lowest BCUT2D eigenvalue weighted by molar-refractivity contribution is -0.384. The maximum absolute atomic E-state index is 11.0. The molecule has 1 atom stereocenters. The molecule has 1 amide bonds. The smallest absolute Gasteiger partial charge is 0.269 e. The zero-order valence-electron chi connectivity index (χ0n) is 9.48. The first-order valence-electron chi connectivity index (χ1n) is 5.49. The number of benzene rings is 1. The summed E-state index contributed by atoms with van der Waals surface area (Å²) in [5.74, 6) is 0.0117. The number of carbonyl (C=O) groups is 1. The number of nitro groups is 1. The average Bonchev–Trinajstić information content (AvgIpc) is 2.74. The van der Waals surface area contributed by atoms with Crippen molar-refractivity contribution in [3.63, 3.8) is 0 Å². The van der Waals surface area contributed by atoms with Gasteiger partial charge in [-0.1, -0.05) is 11.6 Å². The molecule has 0 bridgehead atoms. The highest BCUT2D eigenvalue weighted by atomic mass is 35.5. The Hall–Kier alpha value is -1.66. The summed E-state index contributed by atoms with van der Waals surface area (Å²) in [5.41, 5.74) is 0.669. The summed E-state index contributed by atoms with van der Waals surface area (Å²) >= 11 is 5.97. The molecule has 1 aliphatic rings. The van der Waals surface area contributed by atoms with Gasteiger partial charge in [-0.25, -0.2) is 0 Å². The second kappa shape index (κ2) is 5.32. The van der Waals surface area contributed by atoms with Crippen molar-refractivity contribution in [2.45, 2.75) is 19.0 Å². The minimum atomic E-state index is -0.458. The van der Waals surface area contributed by atoms with Crippen LogP contribution in [-0.2, 0) is 11.3 Å². The molecule has 1 saturated heterocycles. The predicted molar refractivity (Wildman–Crippen MR) is 66.4 cm³/mol. The van der Waals surface area contributed by atoms with Gasteiger partial charge in [0, 0.05) is 42.7 Å². The Morgan fingerprint density at radius 3 is 2.94 bits per heavy atom. The van der Waals surface area contributed by atoms with Crippen LogP contribution >= 0.6 is 11.6 Å². The van der Waals surface area contributed by atoms with E-state index in [1.165, 1.54) is 18.2 Å². The zero-order valence-corrected chi connectivity index (χ0v) is 10.2. The summed E-state index contributed by atoms with van der Waals surface area (Å²) in [7, 11) is 0. The lowest BCUT2D eigenvalue weighted by Gasteiger charge is -2.11. The molecule has 1 aromatic carbocycles. The van der Waals surface area contributed by atoms with E-state index in [1.807, 2.05) is 0 Å². The van der Waals surface area contributed by atoms with Crippen molar-refractivity contribution in [2.24, 2.45) is 0 Å². The molecule has 7 heteroatoms. The molecule has 0 saturated carbocycles. The fraction of sp³-hybridized carbons (Fsp3) is 0.364. The summed E-state index contributed by atoms with van der Waals surface area (Å²) in [5, 5.41) is 17.0. The maximum Gasteiger partial charge on any atom is 0.269 e. The maximum atomic E-state index is 11.0. The molecule has 6 nitrogen and oxygen atoms in total. The van der Waals surface area contributed by atoms with Gasteiger partial charge in [-0.3, -0.25) is 14.9 Å². The van der Waals surface area contributed by atoms with Crippen molar-refractivity contribution in [3.8, 4) is 0 Å². The van der Waals surface area contributed by atoms with Crippen LogP contribution in [0.15, 0.2) is 18.2 Å². The molecular weight excluding hydrogens is 258 g/mol. The first-order chi connectivity index (χ1) is 8.56. The Morgan fingerprint density at radius 2 is 2.33 bits per heavy atom. The number of non-ortho nitro benzene ring substituents is 1. The van der Waals surface area contributed by atoms with E-state index >= 15 is 0 Å². The molecule has 0 radical (unpaired) electrons. The van der Waals surface area contributed by atoms with Crippen LogP contribution in [0.1, 0.15) is 12.0 Å². The van der Waals surface area contributed by atoms with Crippen molar-refractivity contribution in [3.05, 3.63) is 38.9 Å². The van der Waals surface area contributed by atoms with E-state index < -0.39 is 4.92 Å². The zero-order chi connectivity index (χ0) is 13.1. The lowest BCUT2D eigenvalue weighted by atomic mass is 10.1. The fourth-order valence-corrected chi connectivity index (χ4v) is 2.00. The highest BCUT2D eigenvalue weighted by molar-refractivity contribution is 6.31. The molecule has 1 unspecified atom stereocenters. The molecule has 0 aromatic heterocycles. The monoisotopic (exact) mass is 269 g/mol. The molecule has 0 aliphatic carbocycles. The van der Waals surface area contributed by atoms with Crippen molar-refractivity contribution in [1.82, 2.24) is 10.6 Å².